The molecule has 0 radical (unpaired) electrons. The summed E-state index contributed by atoms with van der Waals surface area (Å²) in [6.45, 7) is 2.78. The number of nitrogens with one attached hydrogen (secondary N) is 1. The maximum Gasteiger partial charge on any atom is 0.319 e. The summed E-state index contributed by atoms with van der Waals surface area (Å²) in [7, 11) is 5.88. The highest BCUT2D eigenvalue weighted by Gasteiger charge is 2.44. The third-order valence-electron chi connectivity index (χ3n) is 6.80. The summed E-state index contributed by atoms with van der Waals surface area (Å²) in [4.78, 5) is 25.7. The van der Waals surface area contributed by atoms with Crippen LogP contribution >= 0.6 is 15.9 Å². The number of anilines is 1. The van der Waals surface area contributed by atoms with Crippen molar-refractivity contribution in [3.8, 4) is 6.01 Å². The van der Waals surface area contributed by atoms with Gasteiger partial charge in [-0.15, -0.1) is 0 Å². The van der Waals surface area contributed by atoms with E-state index in [-0.39, 0.29) is 22.8 Å². The largest absolute Gasteiger partial charge is 0.463 e. The van der Waals surface area contributed by atoms with Crippen LogP contribution in [-0.2, 0) is 22.7 Å². The minimum Gasteiger partial charge on any atom is -0.463 e. The Morgan fingerprint density at radius 1 is 1.30 bits per heavy atom. The van der Waals surface area contributed by atoms with E-state index in [0.29, 0.717) is 41.9 Å². The third kappa shape index (κ3) is 4.28. The van der Waals surface area contributed by atoms with Crippen molar-refractivity contribution in [2.45, 2.75) is 44.9 Å². The molecule has 0 bridgehead atoms. The van der Waals surface area contributed by atoms with Crippen molar-refractivity contribution in [1.29, 1.82) is 0 Å². The van der Waals surface area contributed by atoms with Crippen LogP contribution in [0.3, 0.4) is 0 Å². The van der Waals surface area contributed by atoms with E-state index in [1.807, 2.05) is 14.1 Å². The summed E-state index contributed by atoms with van der Waals surface area (Å²) < 4.78 is 27.4. The molecule has 5 rings (SSSR count). The first kappa shape index (κ1) is 22.7. The maximum absolute atomic E-state index is 15.4. The Labute approximate surface area is 201 Å². The zero-order valence-corrected chi connectivity index (χ0v) is 20.8. The molecular formula is C23H29BrFN5O3. The quantitative estimate of drug-likeness (QED) is 0.598. The first-order valence-electron chi connectivity index (χ1n) is 11.4. The molecule has 0 unspecified atom stereocenters. The standard InChI is InChI=1S/C23H29BrFN5O3/c1-29(2)11-23(6-7-23)12-33-22-27-19-16(13-9-32-10-14(13)17(24)18(19)25)20(28-22)26-15-5-4-8-30(3)21(15)31/h15H,4-12H2,1-3H3,(H,26,27,28)/t15-/m1/s1. The predicted octanol–water partition coefficient (Wildman–Crippen LogP) is 3.31. The Balaban J connectivity index is 1.55. The molecule has 1 saturated carbocycles. The number of hydrogen-bond donors (Lipinski definition) is 1. The van der Waals surface area contributed by atoms with Crippen LogP contribution in [0.5, 0.6) is 6.01 Å². The summed E-state index contributed by atoms with van der Waals surface area (Å²) in [5, 5.41) is 3.86. The van der Waals surface area contributed by atoms with Gasteiger partial charge in [0.05, 0.1) is 29.7 Å². The van der Waals surface area contributed by atoms with Crippen molar-refractivity contribution in [2.24, 2.45) is 5.41 Å². The normalized spacial score (nSPS) is 21.6. The first-order valence-corrected chi connectivity index (χ1v) is 12.1. The van der Waals surface area contributed by atoms with E-state index in [1.54, 1.807) is 11.9 Å². The van der Waals surface area contributed by atoms with Crippen molar-refractivity contribution in [3.63, 3.8) is 0 Å². The molecule has 1 saturated heterocycles. The van der Waals surface area contributed by atoms with Gasteiger partial charge in [-0.3, -0.25) is 4.79 Å². The number of ether oxygens (including phenoxy) is 2. The molecule has 8 nitrogen and oxygen atoms in total. The fraction of sp³-hybridized carbons (Fsp3) is 0.609. The Kier molecular flexibility index (Phi) is 5.95. The van der Waals surface area contributed by atoms with Gasteiger partial charge in [0.15, 0.2) is 5.82 Å². The number of likely N-dealkylation sites (N-methyl/N-ethyl adjacent to an activating group) is 1. The molecule has 1 aromatic heterocycles. The zero-order chi connectivity index (χ0) is 23.3. The molecule has 3 aliphatic rings. The number of nitrogens with zero attached hydrogens (tertiary/aromatic N) is 4. The highest BCUT2D eigenvalue weighted by atomic mass is 79.9. The molecule has 0 spiro atoms. The minimum absolute atomic E-state index is 0.00359. The zero-order valence-electron chi connectivity index (χ0n) is 19.2. The molecule has 178 valence electrons. The van der Waals surface area contributed by atoms with Crippen LogP contribution in [0.4, 0.5) is 10.2 Å². The summed E-state index contributed by atoms with van der Waals surface area (Å²) in [5.74, 6) is -0.0378. The number of rotatable bonds is 7. The number of carbonyl (C=O) groups is 1. The van der Waals surface area contributed by atoms with Gasteiger partial charge in [-0.25, -0.2) is 4.39 Å². The lowest BCUT2D eigenvalue weighted by atomic mass is 10.0. The van der Waals surface area contributed by atoms with Gasteiger partial charge in [0.25, 0.3) is 0 Å². The Morgan fingerprint density at radius 2 is 2.06 bits per heavy atom. The predicted molar refractivity (Wildman–Crippen MR) is 126 cm³/mol. The van der Waals surface area contributed by atoms with E-state index in [1.165, 1.54) is 0 Å². The number of halogens is 2. The van der Waals surface area contributed by atoms with Gasteiger partial charge in [-0.05, 0) is 61.3 Å². The average molecular weight is 522 g/mol. The second-order valence-electron chi connectivity index (χ2n) is 9.78. The maximum atomic E-state index is 15.4. The number of amides is 1. The van der Waals surface area contributed by atoms with E-state index in [2.05, 4.69) is 36.1 Å². The fourth-order valence-corrected chi connectivity index (χ4v) is 5.42. The Hall–Kier alpha value is -2.04. The first-order chi connectivity index (χ1) is 15.8. The van der Waals surface area contributed by atoms with Crippen LogP contribution < -0.4 is 10.1 Å². The molecule has 1 amide bonds. The Morgan fingerprint density at radius 3 is 2.79 bits per heavy atom. The topological polar surface area (TPSA) is 79.8 Å². The molecule has 1 N–H and O–H groups in total. The van der Waals surface area contributed by atoms with Gasteiger partial charge in [-0.2, -0.15) is 9.97 Å². The summed E-state index contributed by atoms with van der Waals surface area (Å²) in [5.41, 5.74) is 1.86. The van der Waals surface area contributed by atoms with Gasteiger partial charge >= 0.3 is 6.01 Å². The summed E-state index contributed by atoms with van der Waals surface area (Å²) in [6.07, 6.45) is 3.74. The van der Waals surface area contributed by atoms with Crippen LogP contribution in [-0.4, -0.2) is 72.6 Å². The second-order valence-corrected chi connectivity index (χ2v) is 10.6. The van der Waals surface area contributed by atoms with Gasteiger partial charge in [0.1, 0.15) is 17.4 Å². The lowest BCUT2D eigenvalue weighted by Gasteiger charge is -2.30. The van der Waals surface area contributed by atoms with Crippen LogP contribution in [0.1, 0.15) is 36.8 Å². The van der Waals surface area contributed by atoms with Crippen LogP contribution in [0, 0.1) is 11.2 Å². The number of hydrogen-bond acceptors (Lipinski definition) is 7. The molecule has 1 aliphatic carbocycles. The van der Waals surface area contributed by atoms with E-state index < -0.39 is 11.9 Å². The molecule has 2 aromatic rings. The SMILES string of the molecule is CN(C)CC1(COc2nc(N[C@@H]3CCCN(C)C3=O)c3c4c(c(Br)c(F)c3n2)COC4)CC1. The van der Waals surface area contributed by atoms with Crippen LogP contribution in [0.25, 0.3) is 10.9 Å². The lowest BCUT2D eigenvalue weighted by Crippen LogP contribution is -2.45. The highest BCUT2D eigenvalue weighted by molar-refractivity contribution is 9.10. The van der Waals surface area contributed by atoms with Crippen molar-refractivity contribution in [2.75, 3.05) is 46.2 Å². The van der Waals surface area contributed by atoms with Crippen LogP contribution in [0.15, 0.2) is 4.47 Å². The summed E-state index contributed by atoms with van der Waals surface area (Å²) >= 11 is 3.38. The number of piperidine rings is 1. The van der Waals surface area contributed by atoms with E-state index in [4.69, 9.17) is 9.47 Å². The van der Waals surface area contributed by atoms with E-state index in [0.717, 1.165) is 43.5 Å². The second kappa shape index (κ2) is 8.63. The van der Waals surface area contributed by atoms with Crippen molar-refractivity contribution < 1.29 is 18.7 Å². The number of carbonyl (C=O) groups excluding carboxylic acids is 1. The molecule has 33 heavy (non-hydrogen) atoms. The lowest BCUT2D eigenvalue weighted by molar-refractivity contribution is -0.132. The molecule has 1 aromatic carbocycles. The Bertz CT molecular complexity index is 1110. The van der Waals surface area contributed by atoms with Crippen molar-refractivity contribution >= 4 is 38.6 Å². The number of likely N-dealkylation sites (tertiary alicyclic amines) is 1. The van der Waals surface area contributed by atoms with Gasteiger partial charge < -0.3 is 24.6 Å². The molecule has 2 fully saturated rings. The van der Waals surface area contributed by atoms with Gasteiger partial charge in [-0.1, -0.05) is 0 Å². The molecule has 10 heteroatoms. The van der Waals surface area contributed by atoms with Gasteiger partial charge in [0.2, 0.25) is 5.91 Å². The monoisotopic (exact) mass is 521 g/mol. The number of fused-ring (bicyclic) bond motifs is 3. The average Bonchev–Trinajstić information content (AvgIpc) is 3.35. The summed E-state index contributed by atoms with van der Waals surface area (Å²) in [6, 6.07) is -0.306. The van der Waals surface area contributed by atoms with Crippen molar-refractivity contribution in [3.05, 3.63) is 21.4 Å². The smallest absolute Gasteiger partial charge is 0.319 e. The van der Waals surface area contributed by atoms with E-state index >= 15 is 4.39 Å². The fourth-order valence-electron chi connectivity index (χ4n) is 4.88. The van der Waals surface area contributed by atoms with Gasteiger partial charge in [0, 0.05) is 31.1 Å². The highest BCUT2D eigenvalue weighted by Crippen LogP contribution is 2.46. The molecule has 2 aliphatic heterocycles. The molecule has 1 atom stereocenters. The molecular weight excluding hydrogens is 493 g/mol. The molecule has 3 heterocycles. The van der Waals surface area contributed by atoms with Crippen LogP contribution in [0.2, 0.25) is 0 Å². The minimum atomic E-state index is -0.467. The van der Waals surface area contributed by atoms with E-state index in [9.17, 15) is 4.79 Å². The number of aromatic nitrogens is 2. The van der Waals surface area contributed by atoms with Crippen molar-refractivity contribution in [1.82, 2.24) is 19.8 Å². The third-order valence-corrected chi connectivity index (χ3v) is 7.63. The number of benzene rings is 1.